The lowest BCUT2D eigenvalue weighted by atomic mass is 9.54. The van der Waals surface area contributed by atoms with Gasteiger partial charge in [-0.3, -0.25) is 0 Å². The van der Waals surface area contributed by atoms with E-state index in [0.717, 1.165) is 71.0 Å². The Morgan fingerprint density at radius 2 is 1.19 bits per heavy atom. The lowest BCUT2D eigenvalue weighted by molar-refractivity contribution is -0.0703. The van der Waals surface area contributed by atoms with Crippen LogP contribution in [-0.2, 0) is 4.74 Å². The van der Waals surface area contributed by atoms with E-state index in [2.05, 4.69) is 18.2 Å². The van der Waals surface area contributed by atoms with Gasteiger partial charge >= 0.3 is 0 Å². The molecule has 0 N–H and O–H groups in total. The van der Waals surface area contributed by atoms with Gasteiger partial charge in [0.2, 0.25) is 0 Å². The molecule has 0 aliphatic heterocycles. The fourth-order valence-electron chi connectivity index (χ4n) is 11.9. The predicted octanol–water partition coefficient (Wildman–Crippen LogP) is 3.99. The molecule has 8 aliphatic carbocycles. The molecule has 16 unspecified atom stereocenters. The van der Waals surface area contributed by atoms with Crippen LogP contribution in [0.25, 0.3) is 0 Å². The first-order valence-electron chi connectivity index (χ1n) is 11.4. The maximum atomic E-state index is 9.83. The number of fused-ring (bicyclic) bond motifs is 23. The van der Waals surface area contributed by atoms with Crippen LogP contribution in [0, 0.1) is 100 Å². The van der Waals surface area contributed by atoms with Crippen LogP contribution in [0.3, 0.4) is 0 Å². The molecule has 2 heteroatoms. The van der Waals surface area contributed by atoms with Crippen LogP contribution in [0.15, 0.2) is 12.2 Å². The number of hydrogen-bond acceptors (Lipinski definition) is 2. The summed E-state index contributed by atoms with van der Waals surface area (Å²) < 4.78 is 5.92. The first-order valence-corrected chi connectivity index (χ1v) is 11.4. The van der Waals surface area contributed by atoms with Crippen molar-refractivity contribution >= 4 is 0 Å². The van der Waals surface area contributed by atoms with Gasteiger partial charge in [-0.05, 0) is 109 Å². The van der Waals surface area contributed by atoms with E-state index in [9.17, 15) is 5.26 Å². The van der Waals surface area contributed by atoms with E-state index in [4.69, 9.17) is 4.74 Å². The normalized spacial score (nSPS) is 72.2. The zero-order valence-electron chi connectivity index (χ0n) is 15.6. The molecular weight excluding hydrogens is 318 g/mol. The molecule has 16 atom stereocenters. The van der Waals surface area contributed by atoms with Crippen LogP contribution >= 0.6 is 0 Å². The zero-order chi connectivity index (χ0) is 16.9. The van der Waals surface area contributed by atoms with Crippen molar-refractivity contribution in [2.45, 2.75) is 31.8 Å². The van der Waals surface area contributed by atoms with Crippen LogP contribution in [-0.4, -0.2) is 13.2 Å². The molecule has 0 heterocycles. The molecule has 0 aromatic rings. The number of nitriles is 1. The van der Waals surface area contributed by atoms with Crippen LogP contribution in [0.4, 0.5) is 0 Å². The molecule has 7 saturated carbocycles. The topological polar surface area (TPSA) is 33.0 Å². The highest BCUT2D eigenvalue weighted by atomic mass is 16.5. The number of methoxy groups -OCH3 is 1. The third-order valence-electron chi connectivity index (χ3n) is 11.7. The molecule has 0 spiro atoms. The Morgan fingerprint density at radius 3 is 1.77 bits per heavy atom. The van der Waals surface area contributed by atoms with Gasteiger partial charge in [-0.2, -0.15) is 5.26 Å². The zero-order valence-corrected chi connectivity index (χ0v) is 15.6. The lowest BCUT2D eigenvalue weighted by Gasteiger charge is -2.51. The Bertz CT molecular complexity index is 767. The monoisotopic (exact) mass is 347 g/mol. The minimum absolute atomic E-state index is 0.195. The van der Waals surface area contributed by atoms with Gasteiger partial charge in [0.15, 0.2) is 0 Å². The Labute approximate surface area is 156 Å². The van der Waals surface area contributed by atoms with Gasteiger partial charge in [-0.1, -0.05) is 12.2 Å². The third kappa shape index (κ3) is 1.23. The fraction of sp³-hybridized carbons (Fsp3) is 0.875. The van der Waals surface area contributed by atoms with Crippen LogP contribution in [0.1, 0.15) is 25.7 Å². The Kier molecular flexibility index (Phi) is 2.34. The average Bonchev–Trinajstić information content (AvgIpc) is 3.46. The maximum Gasteiger partial charge on any atom is 0.0763 e. The third-order valence-corrected chi connectivity index (χ3v) is 11.7. The van der Waals surface area contributed by atoms with Gasteiger partial charge in [0, 0.05) is 7.11 Å². The highest BCUT2D eigenvalue weighted by Crippen LogP contribution is 2.81. The summed E-state index contributed by atoms with van der Waals surface area (Å²) in [5, 5.41) is 9.83. The summed E-state index contributed by atoms with van der Waals surface area (Å²) in [4.78, 5) is 0. The standard InChI is InChI=1S/C24H29NO/c1-26-24-16-5-11(17(24)8-25)20-14-7-15(23(16)20)22-13-6-12(21(14)22)18-9-2-3-10(4-9)19(13)18/h2-3,9-24H,4-7H2,1H3. The van der Waals surface area contributed by atoms with Crippen LogP contribution in [0.2, 0.25) is 0 Å². The second-order valence-corrected chi connectivity index (χ2v) is 11.5. The van der Waals surface area contributed by atoms with Crippen LogP contribution < -0.4 is 0 Å². The summed E-state index contributed by atoms with van der Waals surface area (Å²) in [6, 6.07) is 2.69. The van der Waals surface area contributed by atoms with Crippen molar-refractivity contribution in [3.05, 3.63) is 12.2 Å². The minimum atomic E-state index is 0.195. The molecule has 8 rings (SSSR count). The number of nitrogens with zero attached hydrogens (tertiary/aromatic N) is 1. The molecule has 8 bridgehead atoms. The number of hydrogen-bond donors (Lipinski definition) is 0. The van der Waals surface area contributed by atoms with E-state index in [1.165, 1.54) is 19.3 Å². The average molecular weight is 348 g/mol. The SMILES string of the molecule is COC1C(C#N)C2CC1C1C3CC(C21)C1C2CC(C4C5C=CC(C5)C24)C31. The molecule has 0 amide bonds. The lowest BCUT2D eigenvalue weighted by Crippen LogP contribution is -2.49. The van der Waals surface area contributed by atoms with E-state index in [1.54, 1.807) is 6.42 Å². The van der Waals surface area contributed by atoms with Gasteiger partial charge in [0.1, 0.15) is 0 Å². The van der Waals surface area contributed by atoms with E-state index in [1.807, 2.05) is 7.11 Å². The predicted molar refractivity (Wildman–Crippen MR) is 96.4 cm³/mol. The molecule has 136 valence electrons. The fourth-order valence-corrected chi connectivity index (χ4v) is 11.9. The molecule has 0 saturated heterocycles. The molecule has 8 aliphatic rings. The van der Waals surface area contributed by atoms with E-state index < -0.39 is 0 Å². The van der Waals surface area contributed by atoms with Crippen molar-refractivity contribution in [2.75, 3.05) is 7.11 Å². The quantitative estimate of drug-likeness (QED) is 0.531. The van der Waals surface area contributed by atoms with Gasteiger partial charge in [0.05, 0.1) is 18.1 Å². The number of allylic oxidation sites excluding steroid dienone is 2. The van der Waals surface area contributed by atoms with Gasteiger partial charge < -0.3 is 4.74 Å². The molecule has 26 heavy (non-hydrogen) atoms. The van der Waals surface area contributed by atoms with Crippen molar-refractivity contribution in [2.24, 2.45) is 88.8 Å². The van der Waals surface area contributed by atoms with Crippen LogP contribution in [0.5, 0.6) is 0 Å². The van der Waals surface area contributed by atoms with Crippen molar-refractivity contribution in [1.82, 2.24) is 0 Å². The highest BCUT2D eigenvalue weighted by Gasteiger charge is 2.77. The summed E-state index contributed by atoms with van der Waals surface area (Å²) in [6.45, 7) is 0. The minimum Gasteiger partial charge on any atom is -0.380 e. The number of rotatable bonds is 1. The Morgan fingerprint density at radius 1 is 0.692 bits per heavy atom. The molecule has 7 fully saturated rings. The summed E-state index contributed by atoms with van der Waals surface area (Å²) in [7, 11) is 1.87. The first-order chi connectivity index (χ1) is 12.8. The molecule has 0 aromatic carbocycles. The highest BCUT2D eigenvalue weighted by molar-refractivity contribution is 5.28. The summed E-state index contributed by atoms with van der Waals surface area (Å²) in [6.07, 6.45) is 11.4. The maximum absolute atomic E-state index is 9.83. The van der Waals surface area contributed by atoms with E-state index in [0.29, 0.717) is 11.8 Å². The van der Waals surface area contributed by atoms with Gasteiger partial charge in [-0.15, -0.1) is 0 Å². The largest absolute Gasteiger partial charge is 0.380 e. The Balaban J connectivity index is 1.20. The molecule has 0 aromatic heterocycles. The smallest absolute Gasteiger partial charge is 0.0763 e. The second-order valence-electron chi connectivity index (χ2n) is 11.5. The van der Waals surface area contributed by atoms with E-state index in [-0.39, 0.29) is 12.0 Å². The molecule has 2 nitrogen and oxygen atoms in total. The Hall–Kier alpha value is -0.810. The second kappa shape index (κ2) is 4.27. The van der Waals surface area contributed by atoms with Gasteiger partial charge in [0.25, 0.3) is 0 Å². The summed E-state index contributed by atoms with van der Waals surface area (Å²) in [5.74, 6) is 13.7. The van der Waals surface area contributed by atoms with Gasteiger partial charge in [-0.25, -0.2) is 0 Å². The first kappa shape index (κ1) is 14.2. The number of ether oxygens (including phenoxy) is 1. The van der Waals surface area contributed by atoms with Crippen molar-refractivity contribution in [1.29, 1.82) is 5.26 Å². The summed E-state index contributed by atoms with van der Waals surface area (Å²) >= 11 is 0. The molecule has 0 radical (unpaired) electrons. The molecular formula is C24H29NO. The van der Waals surface area contributed by atoms with Crippen molar-refractivity contribution < 1.29 is 4.74 Å². The van der Waals surface area contributed by atoms with E-state index >= 15 is 0 Å². The summed E-state index contributed by atoms with van der Waals surface area (Å²) in [5.41, 5.74) is 0. The van der Waals surface area contributed by atoms with Crippen molar-refractivity contribution in [3.63, 3.8) is 0 Å². The van der Waals surface area contributed by atoms with Crippen molar-refractivity contribution in [3.8, 4) is 6.07 Å².